The summed E-state index contributed by atoms with van der Waals surface area (Å²) in [5.74, 6) is 0.603. The molecule has 2 N–H and O–H groups in total. The zero-order valence-electron chi connectivity index (χ0n) is 17.4. The third-order valence-corrected chi connectivity index (χ3v) is 5.91. The van der Waals surface area contributed by atoms with Crippen LogP contribution in [0.5, 0.6) is 0 Å². The van der Waals surface area contributed by atoms with Crippen molar-refractivity contribution in [2.75, 3.05) is 6.54 Å². The number of halogens is 1. The zero-order valence-corrected chi connectivity index (χ0v) is 19.0. The van der Waals surface area contributed by atoms with E-state index in [4.69, 9.17) is 4.74 Å². The summed E-state index contributed by atoms with van der Waals surface area (Å²) in [5, 5.41) is 6.57. The molecular formula is C25H25BrN2O2. The Hall–Kier alpha value is -2.79. The second-order valence-electron chi connectivity index (χ2n) is 7.66. The van der Waals surface area contributed by atoms with Gasteiger partial charge in [-0.25, -0.2) is 0 Å². The van der Waals surface area contributed by atoms with Crippen molar-refractivity contribution in [1.29, 1.82) is 0 Å². The summed E-state index contributed by atoms with van der Waals surface area (Å²) in [6.45, 7) is 6.40. The fourth-order valence-corrected chi connectivity index (χ4v) is 4.64. The van der Waals surface area contributed by atoms with Crippen LogP contribution in [0, 0.1) is 6.92 Å². The Morgan fingerprint density at radius 1 is 1.20 bits per heavy atom. The number of rotatable bonds is 2. The van der Waals surface area contributed by atoms with E-state index < -0.39 is 0 Å². The van der Waals surface area contributed by atoms with Crippen LogP contribution in [0.3, 0.4) is 0 Å². The number of carbonyl (C=O) groups is 1. The molecule has 1 atom stereocenters. The number of hydrogen-bond donors (Lipinski definition) is 2. The first-order valence-electron chi connectivity index (χ1n) is 10.1. The number of benzene rings is 2. The van der Waals surface area contributed by atoms with Crippen molar-refractivity contribution in [1.82, 2.24) is 10.6 Å². The predicted octanol–water partition coefficient (Wildman–Crippen LogP) is 5.25. The van der Waals surface area contributed by atoms with E-state index in [2.05, 4.69) is 44.8 Å². The highest BCUT2D eigenvalue weighted by molar-refractivity contribution is 9.10. The van der Waals surface area contributed by atoms with Gasteiger partial charge in [0.15, 0.2) is 6.23 Å². The third-order valence-electron chi connectivity index (χ3n) is 5.45. The van der Waals surface area contributed by atoms with Gasteiger partial charge in [0.2, 0.25) is 0 Å². The maximum absolute atomic E-state index is 13.1. The van der Waals surface area contributed by atoms with Gasteiger partial charge in [-0.15, -0.1) is 0 Å². The molecule has 0 fully saturated rings. The van der Waals surface area contributed by atoms with Crippen LogP contribution in [0.2, 0.25) is 0 Å². The van der Waals surface area contributed by atoms with Crippen LogP contribution >= 0.6 is 15.9 Å². The van der Waals surface area contributed by atoms with E-state index in [0.717, 1.165) is 33.3 Å². The topological polar surface area (TPSA) is 50.4 Å². The van der Waals surface area contributed by atoms with Crippen molar-refractivity contribution < 1.29 is 9.53 Å². The summed E-state index contributed by atoms with van der Waals surface area (Å²) in [5.41, 5.74) is 6.92. The normalized spacial score (nSPS) is 20.0. The lowest BCUT2D eigenvalue weighted by molar-refractivity contribution is 0.0955. The molecule has 2 aromatic rings. The molecule has 2 aliphatic heterocycles. The monoisotopic (exact) mass is 464 g/mol. The SMILES string of the molecule is C/C=C1/OC2NC(C)=CC(Cc3ccccc3)=C2CNC(=O)c2cc(Br)cc(C)c21. The lowest BCUT2D eigenvalue weighted by Crippen LogP contribution is -2.39. The molecule has 4 nitrogen and oxygen atoms in total. The minimum Gasteiger partial charge on any atom is -0.466 e. The molecule has 5 heteroatoms. The van der Waals surface area contributed by atoms with Gasteiger partial charge in [-0.3, -0.25) is 4.79 Å². The molecule has 0 bridgehead atoms. The van der Waals surface area contributed by atoms with Gasteiger partial charge in [-0.05, 0) is 68.2 Å². The Balaban J connectivity index is 1.80. The molecule has 2 heterocycles. The molecule has 0 spiro atoms. The first-order chi connectivity index (χ1) is 14.5. The van der Waals surface area contributed by atoms with Gasteiger partial charge in [0.25, 0.3) is 5.91 Å². The average molecular weight is 465 g/mol. The fourth-order valence-electron chi connectivity index (χ4n) is 4.06. The fraction of sp³-hybridized carbons (Fsp3) is 0.240. The first kappa shape index (κ1) is 20.5. The number of ether oxygens (including phenoxy) is 1. The van der Waals surface area contributed by atoms with Crippen molar-refractivity contribution in [3.05, 3.63) is 98.2 Å². The molecule has 1 unspecified atom stereocenters. The number of dihydropyridines is 1. The van der Waals surface area contributed by atoms with Crippen LogP contribution in [0.25, 0.3) is 5.76 Å². The van der Waals surface area contributed by atoms with Crippen molar-refractivity contribution in [3.63, 3.8) is 0 Å². The lowest BCUT2D eigenvalue weighted by atomic mass is 9.95. The van der Waals surface area contributed by atoms with Crippen molar-refractivity contribution >= 4 is 27.6 Å². The molecule has 1 amide bonds. The third kappa shape index (κ3) is 4.08. The number of carbonyl (C=O) groups excluding carboxylic acids is 1. The maximum Gasteiger partial charge on any atom is 0.252 e. The Labute approximate surface area is 185 Å². The number of hydrogen-bond acceptors (Lipinski definition) is 3. The summed E-state index contributed by atoms with van der Waals surface area (Å²) >= 11 is 3.52. The summed E-state index contributed by atoms with van der Waals surface area (Å²) in [4.78, 5) is 13.1. The predicted molar refractivity (Wildman–Crippen MR) is 124 cm³/mol. The molecule has 4 rings (SSSR count). The molecule has 0 aliphatic carbocycles. The molecular weight excluding hydrogens is 440 g/mol. The minimum absolute atomic E-state index is 0.101. The van der Waals surface area contributed by atoms with Crippen LogP contribution in [-0.2, 0) is 11.2 Å². The van der Waals surface area contributed by atoms with Gasteiger partial charge in [-0.2, -0.15) is 0 Å². The quantitative estimate of drug-likeness (QED) is 0.637. The van der Waals surface area contributed by atoms with Crippen LogP contribution in [-0.4, -0.2) is 18.7 Å². The Morgan fingerprint density at radius 2 is 1.97 bits per heavy atom. The molecule has 0 saturated carbocycles. The van der Waals surface area contributed by atoms with Gasteiger partial charge < -0.3 is 15.4 Å². The lowest BCUT2D eigenvalue weighted by Gasteiger charge is -2.30. The number of nitrogens with one attached hydrogen (secondary N) is 2. The van der Waals surface area contributed by atoms with Crippen molar-refractivity contribution in [3.8, 4) is 0 Å². The highest BCUT2D eigenvalue weighted by Crippen LogP contribution is 2.33. The maximum atomic E-state index is 13.1. The van der Waals surface area contributed by atoms with Crippen molar-refractivity contribution in [2.24, 2.45) is 0 Å². The number of amides is 1. The zero-order chi connectivity index (χ0) is 21.3. The van der Waals surface area contributed by atoms with E-state index in [9.17, 15) is 4.79 Å². The molecule has 0 radical (unpaired) electrons. The van der Waals surface area contributed by atoms with E-state index >= 15 is 0 Å². The highest BCUT2D eigenvalue weighted by atomic mass is 79.9. The van der Waals surface area contributed by atoms with E-state index in [-0.39, 0.29) is 12.1 Å². The molecule has 0 aromatic heterocycles. The number of allylic oxidation sites excluding steroid dienone is 4. The Kier molecular flexibility index (Phi) is 5.82. The van der Waals surface area contributed by atoms with Gasteiger partial charge >= 0.3 is 0 Å². The standard InChI is InChI=1S/C25H25BrN2O2/c1-4-22-23-15(2)10-19(26)13-20(23)24(29)27-14-21-18(11-16(3)28-25(21)30-22)12-17-8-6-5-7-9-17/h4-11,13,25,28H,12,14H2,1-3H3,(H,27,29)/b22-4+. The first-order valence-corrected chi connectivity index (χ1v) is 10.9. The van der Waals surface area contributed by atoms with Gasteiger partial charge in [-0.1, -0.05) is 46.3 Å². The summed E-state index contributed by atoms with van der Waals surface area (Å²) in [6.07, 6.45) is 4.53. The van der Waals surface area contributed by atoms with Crippen molar-refractivity contribution in [2.45, 2.75) is 33.4 Å². The van der Waals surface area contributed by atoms with E-state index in [0.29, 0.717) is 17.9 Å². The molecule has 154 valence electrons. The Morgan fingerprint density at radius 3 is 2.70 bits per heavy atom. The number of aryl methyl sites for hydroxylation is 1. The summed E-state index contributed by atoms with van der Waals surface area (Å²) in [6, 6.07) is 14.2. The summed E-state index contributed by atoms with van der Waals surface area (Å²) < 4.78 is 7.38. The van der Waals surface area contributed by atoms with Crippen LogP contribution in [0.15, 0.2) is 75.9 Å². The second kappa shape index (κ2) is 8.52. The second-order valence-corrected chi connectivity index (χ2v) is 8.58. The smallest absolute Gasteiger partial charge is 0.252 e. The highest BCUT2D eigenvalue weighted by Gasteiger charge is 2.29. The molecule has 30 heavy (non-hydrogen) atoms. The molecule has 0 saturated heterocycles. The van der Waals surface area contributed by atoms with E-state index in [1.807, 2.05) is 57.2 Å². The minimum atomic E-state index is -0.339. The average Bonchev–Trinajstić information content (AvgIpc) is 2.76. The Bertz CT molecular complexity index is 1080. The van der Waals surface area contributed by atoms with Crippen LogP contribution in [0.4, 0.5) is 0 Å². The number of fused-ring (bicyclic) bond motifs is 2. The van der Waals surface area contributed by atoms with Gasteiger partial charge in [0.05, 0.1) is 5.56 Å². The molecule has 2 aromatic carbocycles. The van der Waals surface area contributed by atoms with E-state index in [1.54, 1.807) is 0 Å². The van der Waals surface area contributed by atoms with E-state index in [1.165, 1.54) is 11.1 Å². The summed E-state index contributed by atoms with van der Waals surface area (Å²) in [7, 11) is 0. The van der Waals surface area contributed by atoms with Crippen LogP contribution in [0.1, 0.15) is 40.9 Å². The largest absolute Gasteiger partial charge is 0.466 e. The molecule has 2 aliphatic rings. The van der Waals surface area contributed by atoms with Crippen LogP contribution < -0.4 is 10.6 Å². The van der Waals surface area contributed by atoms with Gasteiger partial charge in [0, 0.05) is 27.9 Å². The van der Waals surface area contributed by atoms with Gasteiger partial charge in [0.1, 0.15) is 5.76 Å².